The molecule has 0 N–H and O–H groups in total. The maximum atomic E-state index is 11.9. The third-order valence-electron chi connectivity index (χ3n) is 9.13. The Morgan fingerprint density at radius 2 is 1.58 bits per heavy atom. The third kappa shape index (κ3) is 5.04. The number of sulfone groups is 1. The lowest BCUT2D eigenvalue weighted by atomic mass is 9.87. The quantitative estimate of drug-likeness (QED) is 0.482. The van der Waals surface area contributed by atoms with Gasteiger partial charge in [-0.3, -0.25) is 4.90 Å². The van der Waals surface area contributed by atoms with E-state index in [0.29, 0.717) is 16.9 Å². The van der Waals surface area contributed by atoms with Crippen LogP contribution >= 0.6 is 0 Å². The number of aryl methyl sites for hydroxylation is 2. The van der Waals surface area contributed by atoms with Crippen molar-refractivity contribution in [1.82, 2.24) is 19.4 Å². The number of rotatable bonds is 5. The number of hydrogen-bond donors (Lipinski definition) is 0. The van der Waals surface area contributed by atoms with Gasteiger partial charge >= 0.3 is 0 Å². The predicted molar refractivity (Wildman–Crippen MR) is 151 cm³/mol. The van der Waals surface area contributed by atoms with E-state index >= 15 is 0 Å². The molecule has 0 amide bonds. The molecule has 3 saturated heterocycles. The molecule has 0 saturated carbocycles. The first-order valence-electron chi connectivity index (χ1n) is 14.1. The highest BCUT2D eigenvalue weighted by Gasteiger charge is 2.31. The summed E-state index contributed by atoms with van der Waals surface area (Å²) in [7, 11) is -1.16. The van der Waals surface area contributed by atoms with Crippen LogP contribution in [0.15, 0.2) is 41.3 Å². The van der Waals surface area contributed by atoms with Gasteiger partial charge in [0.25, 0.3) is 0 Å². The van der Waals surface area contributed by atoms with Gasteiger partial charge in [0.1, 0.15) is 5.82 Å². The second kappa shape index (κ2) is 10.4. The molecule has 8 heteroatoms. The van der Waals surface area contributed by atoms with Gasteiger partial charge in [0.05, 0.1) is 35.2 Å². The van der Waals surface area contributed by atoms with Gasteiger partial charge in [-0.15, -0.1) is 0 Å². The van der Waals surface area contributed by atoms with Crippen molar-refractivity contribution in [3.05, 3.63) is 47.5 Å². The Kier molecular flexibility index (Phi) is 7.10. The number of hydrogen-bond acceptors (Lipinski definition) is 6. The van der Waals surface area contributed by atoms with Crippen LogP contribution in [-0.2, 0) is 21.6 Å². The van der Waals surface area contributed by atoms with E-state index in [1.165, 1.54) is 75.7 Å². The van der Waals surface area contributed by atoms with Gasteiger partial charge in [-0.25, -0.2) is 13.4 Å². The number of fused-ring (bicyclic) bond motifs is 1. The summed E-state index contributed by atoms with van der Waals surface area (Å²) in [5.41, 5.74) is 5.73. The maximum Gasteiger partial charge on any atom is 0.175 e. The topological polar surface area (TPSA) is 67.7 Å². The highest BCUT2D eigenvalue weighted by atomic mass is 32.2. The first kappa shape index (κ1) is 26.0. The molecule has 1 aromatic heterocycles. The van der Waals surface area contributed by atoms with Crippen LogP contribution in [0, 0.1) is 6.92 Å². The van der Waals surface area contributed by atoms with Crippen LogP contribution in [0.5, 0.6) is 0 Å². The normalized spacial score (nSPS) is 23.0. The maximum absolute atomic E-state index is 11.9. The Morgan fingerprint density at radius 1 is 0.895 bits per heavy atom. The summed E-state index contributed by atoms with van der Waals surface area (Å²) in [5, 5.41) is 0. The molecule has 38 heavy (non-hydrogen) atoms. The van der Waals surface area contributed by atoms with Crippen LogP contribution in [0.1, 0.15) is 49.1 Å². The summed E-state index contributed by atoms with van der Waals surface area (Å²) < 4.78 is 31.3. The minimum Gasteiger partial charge on any atom is -0.378 e. The number of ether oxygens (including phenoxy) is 1. The SMILES string of the molecule is Cc1cc(C2CCN(C3CCCN(C4COC4)CC3)CC2)cc2c1nc(-c1ccc(S(C)(=O)=O)cc1)n2C. The van der Waals surface area contributed by atoms with Crippen LogP contribution in [0.2, 0.25) is 0 Å². The minimum absolute atomic E-state index is 0.332. The van der Waals surface area contributed by atoms with Gasteiger partial charge < -0.3 is 14.2 Å². The van der Waals surface area contributed by atoms with Crippen LogP contribution < -0.4 is 0 Å². The second-order valence-corrected chi connectivity index (χ2v) is 13.6. The number of imidazole rings is 1. The summed E-state index contributed by atoms with van der Waals surface area (Å²) in [6.45, 7) is 8.82. The zero-order chi connectivity index (χ0) is 26.4. The molecule has 4 heterocycles. The molecular formula is C30H40N4O3S. The fourth-order valence-electron chi connectivity index (χ4n) is 6.69. The van der Waals surface area contributed by atoms with E-state index in [2.05, 4.69) is 40.5 Å². The monoisotopic (exact) mass is 536 g/mol. The average molecular weight is 537 g/mol. The molecule has 0 spiro atoms. The number of nitrogens with zero attached hydrogens (tertiary/aromatic N) is 4. The molecule has 6 rings (SSSR count). The van der Waals surface area contributed by atoms with Gasteiger partial charge in [0.2, 0.25) is 0 Å². The first-order valence-corrected chi connectivity index (χ1v) is 16.0. The Labute approximate surface area is 226 Å². The highest BCUT2D eigenvalue weighted by Crippen LogP contribution is 2.35. The number of aromatic nitrogens is 2. The molecule has 0 bridgehead atoms. The van der Waals surface area contributed by atoms with Crippen LogP contribution in [0.4, 0.5) is 0 Å². The molecule has 3 aliphatic rings. The van der Waals surface area contributed by atoms with E-state index in [1.54, 1.807) is 12.1 Å². The van der Waals surface area contributed by atoms with E-state index in [9.17, 15) is 8.42 Å². The number of piperidine rings is 1. The van der Waals surface area contributed by atoms with Crippen LogP contribution in [0.3, 0.4) is 0 Å². The molecular weight excluding hydrogens is 496 g/mol. The molecule has 204 valence electrons. The van der Waals surface area contributed by atoms with Crippen LogP contribution in [-0.4, -0.2) is 85.5 Å². The van der Waals surface area contributed by atoms with Crippen molar-refractivity contribution >= 4 is 20.9 Å². The average Bonchev–Trinajstić information content (AvgIpc) is 3.04. The molecule has 3 aromatic rings. The lowest BCUT2D eigenvalue weighted by Crippen LogP contribution is -2.49. The second-order valence-electron chi connectivity index (χ2n) is 11.6. The number of benzene rings is 2. The van der Waals surface area contributed by atoms with Crippen molar-refractivity contribution in [3.8, 4) is 11.4 Å². The zero-order valence-electron chi connectivity index (χ0n) is 22.9. The first-order chi connectivity index (χ1) is 18.3. The minimum atomic E-state index is -3.22. The van der Waals surface area contributed by atoms with Crippen molar-refractivity contribution in [1.29, 1.82) is 0 Å². The standard InChI is InChI=1S/C30H40N4O3S/c1-21-17-24(18-28-29(21)31-30(32(28)2)23-6-8-27(9-7-23)38(3,35)36)22-10-14-34(15-11-22)25-5-4-13-33(16-12-25)26-19-37-20-26/h6-9,17-18,22,25-26H,4-5,10-16,19-20H2,1-3H3. The molecule has 1 unspecified atom stereocenters. The van der Waals surface area contributed by atoms with Crippen molar-refractivity contribution in [2.24, 2.45) is 7.05 Å². The smallest absolute Gasteiger partial charge is 0.175 e. The summed E-state index contributed by atoms with van der Waals surface area (Å²) in [6, 6.07) is 13.1. The summed E-state index contributed by atoms with van der Waals surface area (Å²) in [6.07, 6.45) is 7.57. The van der Waals surface area contributed by atoms with Crippen molar-refractivity contribution in [2.75, 3.05) is 45.6 Å². The van der Waals surface area contributed by atoms with E-state index in [0.717, 1.165) is 41.7 Å². The van der Waals surface area contributed by atoms with E-state index in [4.69, 9.17) is 9.72 Å². The van der Waals surface area contributed by atoms with E-state index < -0.39 is 9.84 Å². The lowest BCUT2D eigenvalue weighted by molar-refractivity contribution is -0.0641. The van der Waals surface area contributed by atoms with Gasteiger partial charge in [0, 0.05) is 31.5 Å². The molecule has 2 aromatic carbocycles. The van der Waals surface area contributed by atoms with Crippen molar-refractivity contribution in [3.63, 3.8) is 0 Å². The summed E-state index contributed by atoms with van der Waals surface area (Å²) in [4.78, 5) is 10.7. The molecule has 3 aliphatic heterocycles. The lowest BCUT2D eigenvalue weighted by Gasteiger charge is -2.38. The van der Waals surface area contributed by atoms with Crippen molar-refractivity contribution < 1.29 is 13.2 Å². The van der Waals surface area contributed by atoms with Crippen molar-refractivity contribution in [2.45, 2.75) is 61.9 Å². The molecule has 0 radical (unpaired) electrons. The summed E-state index contributed by atoms with van der Waals surface area (Å²) >= 11 is 0. The molecule has 7 nitrogen and oxygen atoms in total. The Hall–Kier alpha value is -2.26. The Balaban J connectivity index is 1.16. The zero-order valence-corrected chi connectivity index (χ0v) is 23.7. The Morgan fingerprint density at radius 3 is 2.24 bits per heavy atom. The molecule has 3 fully saturated rings. The molecule has 1 atom stereocenters. The third-order valence-corrected chi connectivity index (χ3v) is 10.3. The predicted octanol–water partition coefficient (Wildman–Crippen LogP) is 4.38. The largest absolute Gasteiger partial charge is 0.378 e. The fourth-order valence-corrected chi connectivity index (χ4v) is 7.32. The van der Waals surface area contributed by atoms with Crippen LogP contribution in [0.25, 0.3) is 22.4 Å². The highest BCUT2D eigenvalue weighted by molar-refractivity contribution is 7.90. The van der Waals surface area contributed by atoms with E-state index in [-0.39, 0.29) is 0 Å². The fraction of sp³-hybridized carbons (Fsp3) is 0.567. The Bertz CT molecular complexity index is 1400. The van der Waals surface area contributed by atoms with Gasteiger partial charge in [-0.2, -0.15) is 0 Å². The van der Waals surface area contributed by atoms with E-state index in [1.807, 2.05) is 12.1 Å². The van der Waals surface area contributed by atoms with Gasteiger partial charge in [-0.05, 0) is 106 Å². The summed E-state index contributed by atoms with van der Waals surface area (Å²) in [5.74, 6) is 1.45. The molecule has 0 aliphatic carbocycles. The van der Waals surface area contributed by atoms with Gasteiger partial charge in [0.15, 0.2) is 9.84 Å². The van der Waals surface area contributed by atoms with Gasteiger partial charge in [-0.1, -0.05) is 6.07 Å². The number of likely N-dealkylation sites (tertiary alicyclic amines) is 2.